The maximum Gasteiger partial charge on any atom is 0.341 e. The molecule has 5 nitrogen and oxygen atoms in total. The van der Waals surface area contributed by atoms with Gasteiger partial charge >= 0.3 is 6.01 Å². The molecule has 1 heterocycles. The first kappa shape index (κ1) is 13.3. The molecule has 5 heteroatoms. The van der Waals surface area contributed by atoms with Crippen LogP contribution in [0.4, 0.5) is 5.69 Å². The highest BCUT2D eigenvalue weighted by Gasteiger charge is 2.10. The minimum Gasteiger partial charge on any atom is -0.423 e. The number of aryl methyl sites for hydroxylation is 2. The number of nitrogens with zero attached hydrogens (tertiary/aromatic N) is 3. The summed E-state index contributed by atoms with van der Waals surface area (Å²) in [4.78, 5) is 4.39. The quantitative estimate of drug-likeness (QED) is 0.853. The van der Waals surface area contributed by atoms with Crippen LogP contribution >= 0.6 is 0 Å². The standard InChI is InChI=1S/C14H18N4O/c1-4-11-12(5-2)17-18-14(16-11)19-13-8-6-7-10(15)9(13)3/h6-8H,4-5,15H2,1-3H3. The van der Waals surface area contributed by atoms with Crippen molar-refractivity contribution in [3.63, 3.8) is 0 Å². The van der Waals surface area contributed by atoms with Crippen molar-refractivity contribution >= 4 is 5.69 Å². The maximum atomic E-state index is 5.84. The van der Waals surface area contributed by atoms with Crippen LogP contribution in [0.3, 0.4) is 0 Å². The Balaban J connectivity index is 2.31. The lowest BCUT2D eigenvalue weighted by atomic mass is 10.2. The molecule has 0 radical (unpaired) electrons. The van der Waals surface area contributed by atoms with Crippen LogP contribution in [0, 0.1) is 6.92 Å². The number of ether oxygens (including phenoxy) is 1. The van der Waals surface area contributed by atoms with Crippen molar-refractivity contribution in [1.82, 2.24) is 15.2 Å². The van der Waals surface area contributed by atoms with E-state index in [-0.39, 0.29) is 6.01 Å². The molecule has 0 amide bonds. The van der Waals surface area contributed by atoms with Gasteiger partial charge in [-0.05, 0) is 31.9 Å². The smallest absolute Gasteiger partial charge is 0.341 e. The normalized spacial score (nSPS) is 10.5. The van der Waals surface area contributed by atoms with Crippen molar-refractivity contribution in [2.75, 3.05) is 5.73 Å². The highest BCUT2D eigenvalue weighted by atomic mass is 16.5. The Labute approximate surface area is 112 Å². The average Bonchev–Trinajstić information content (AvgIpc) is 2.43. The summed E-state index contributed by atoms with van der Waals surface area (Å²) in [5.41, 5.74) is 9.25. The summed E-state index contributed by atoms with van der Waals surface area (Å²) in [7, 11) is 0. The predicted octanol–water partition coefficient (Wildman–Crippen LogP) is 2.68. The van der Waals surface area contributed by atoms with Crippen molar-refractivity contribution < 1.29 is 4.74 Å². The summed E-state index contributed by atoms with van der Waals surface area (Å²) in [6, 6.07) is 5.78. The van der Waals surface area contributed by atoms with Gasteiger partial charge in [0.25, 0.3) is 0 Å². The van der Waals surface area contributed by atoms with Gasteiger partial charge < -0.3 is 10.5 Å². The fourth-order valence-electron chi connectivity index (χ4n) is 1.80. The van der Waals surface area contributed by atoms with Crippen molar-refractivity contribution in [1.29, 1.82) is 0 Å². The molecule has 1 aromatic carbocycles. The van der Waals surface area contributed by atoms with E-state index in [4.69, 9.17) is 10.5 Å². The van der Waals surface area contributed by atoms with E-state index >= 15 is 0 Å². The Hall–Kier alpha value is -2.17. The van der Waals surface area contributed by atoms with Gasteiger partial charge in [0.05, 0.1) is 11.4 Å². The summed E-state index contributed by atoms with van der Waals surface area (Å²) in [5.74, 6) is 0.660. The van der Waals surface area contributed by atoms with Crippen LogP contribution in [-0.2, 0) is 12.8 Å². The summed E-state index contributed by atoms with van der Waals surface area (Å²) >= 11 is 0. The number of rotatable bonds is 4. The van der Waals surface area contributed by atoms with Gasteiger partial charge in [0.2, 0.25) is 0 Å². The maximum absolute atomic E-state index is 5.84. The second-order valence-electron chi connectivity index (χ2n) is 4.27. The van der Waals surface area contributed by atoms with Crippen LogP contribution < -0.4 is 10.5 Å². The summed E-state index contributed by atoms with van der Waals surface area (Å²) in [6.45, 7) is 5.98. The largest absolute Gasteiger partial charge is 0.423 e. The third-order valence-corrected chi connectivity index (χ3v) is 3.02. The molecule has 2 rings (SSSR count). The number of anilines is 1. The molecule has 1 aromatic heterocycles. The number of nitrogens with two attached hydrogens (primary N) is 1. The number of nitrogen functional groups attached to an aromatic ring is 1. The SMILES string of the molecule is CCc1nnc(Oc2cccc(N)c2C)nc1CC. The van der Waals surface area contributed by atoms with Crippen molar-refractivity contribution in [3.05, 3.63) is 35.2 Å². The van der Waals surface area contributed by atoms with Crippen LogP contribution in [0.2, 0.25) is 0 Å². The van der Waals surface area contributed by atoms with Crippen LogP contribution in [0.15, 0.2) is 18.2 Å². The lowest BCUT2D eigenvalue weighted by Crippen LogP contribution is -2.05. The molecule has 0 saturated heterocycles. The molecular weight excluding hydrogens is 240 g/mol. The first-order valence-electron chi connectivity index (χ1n) is 6.41. The number of aromatic nitrogens is 3. The molecule has 0 saturated carbocycles. The number of hydrogen-bond acceptors (Lipinski definition) is 5. The van der Waals surface area contributed by atoms with Crippen LogP contribution in [0.25, 0.3) is 0 Å². The number of benzene rings is 1. The summed E-state index contributed by atoms with van der Waals surface area (Å²) < 4.78 is 5.67. The molecule has 100 valence electrons. The Morgan fingerprint density at radius 3 is 2.53 bits per heavy atom. The molecule has 19 heavy (non-hydrogen) atoms. The van der Waals surface area contributed by atoms with Crippen molar-refractivity contribution in [2.45, 2.75) is 33.6 Å². The van der Waals surface area contributed by atoms with Gasteiger partial charge in [-0.15, -0.1) is 5.10 Å². The highest BCUT2D eigenvalue weighted by molar-refractivity contribution is 5.53. The fourth-order valence-corrected chi connectivity index (χ4v) is 1.80. The van der Waals surface area contributed by atoms with Gasteiger partial charge in [-0.3, -0.25) is 0 Å². The zero-order valence-corrected chi connectivity index (χ0v) is 11.5. The second-order valence-corrected chi connectivity index (χ2v) is 4.27. The molecule has 2 N–H and O–H groups in total. The van der Waals surface area contributed by atoms with E-state index in [1.165, 1.54) is 0 Å². The molecular formula is C14H18N4O. The molecule has 0 unspecified atom stereocenters. The minimum absolute atomic E-state index is 0.266. The van der Waals surface area contributed by atoms with E-state index in [0.29, 0.717) is 11.4 Å². The zero-order valence-electron chi connectivity index (χ0n) is 11.5. The highest BCUT2D eigenvalue weighted by Crippen LogP contribution is 2.26. The van der Waals surface area contributed by atoms with Gasteiger partial charge in [-0.2, -0.15) is 4.98 Å². The van der Waals surface area contributed by atoms with E-state index in [0.717, 1.165) is 29.8 Å². The lowest BCUT2D eigenvalue weighted by Gasteiger charge is -2.10. The zero-order chi connectivity index (χ0) is 13.8. The summed E-state index contributed by atoms with van der Waals surface area (Å²) in [5, 5.41) is 8.15. The van der Waals surface area contributed by atoms with E-state index in [2.05, 4.69) is 15.2 Å². The molecule has 0 aliphatic rings. The van der Waals surface area contributed by atoms with E-state index in [9.17, 15) is 0 Å². The first-order chi connectivity index (χ1) is 9.15. The van der Waals surface area contributed by atoms with Crippen molar-refractivity contribution in [3.8, 4) is 11.8 Å². The van der Waals surface area contributed by atoms with Gasteiger partial charge in [0.15, 0.2) is 0 Å². The van der Waals surface area contributed by atoms with Crippen LogP contribution in [0.5, 0.6) is 11.8 Å². The first-order valence-corrected chi connectivity index (χ1v) is 6.41. The van der Waals surface area contributed by atoms with Crippen molar-refractivity contribution in [2.24, 2.45) is 0 Å². The molecule has 0 fully saturated rings. The van der Waals surface area contributed by atoms with Gasteiger partial charge in [0, 0.05) is 11.3 Å². The molecule has 0 aliphatic carbocycles. The van der Waals surface area contributed by atoms with Crippen LogP contribution in [-0.4, -0.2) is 15.2 Å². The Kier molecular flexibility index (Phi) is 3.94. The Morgan fingerprint density at radius 2 is 1.84 bits per heavy atom. The van der Waals surface area contributed by atoms with E-state index < -0.39 is 0 Å². The topological polar surface area (TPSA) is 73.9 Å². The predicted molar refractivity (Wildman–Crippen MR) is 74.2 cm³/mol. The average molecular weight is 258 g/mol. The molecule has 2 aromatic rings. The van der Waals surface area contributed by atoms with Gasteiger partial charge in [-0.1, -0.05) is 25.0 Å². The lowest BCUT2D eigenvalue weighted by molar-refractivity contribution is 0.426. The second kappa shape index (κ2) is 5.65. The molecule has 0 atom stereocenters. The Bertz CT molecular complexity index is 584. The third kappa shape index (κ3) is 2.81. The minimum atomic E-state index is 0.266. The monoisotopic (exact) mass is 258 g/mol. The summed E-state index contributed by atoms with van der Waals surface area (Å²) in [6.07, 6.45) is 1.63. The third-order valence-electron chi connectivity index (χ3n) is 3.02. The van der Waals surface area contributed by atoms with Gasteiger partial charge in [0.1, 0.15) is 5.75 Å². The molecule has 0 spiro atoms. The fraction of sp³-hybridized carbons (Fsp3) is 0.357. The number of hydrogen-bond donors (Lipinski definition) is 1. The Morgan fingerprint density at radius 1 is 1.11 bits per heavy atom. The van der Waals surface area contributed by atoms with Crippen LogP contribution in [0.1, 0.15) is 30.8 Å². The van der Waals surface area contributed by atoms with E-state index in [1.807, 2.05) is 39.0 Å². The van der Waals surface area contributed by atoms with E-state index in [1.54, 1.807) is 0 Å². The van der Waals surface area contributed by atoms with Gasteiger partial charge in [-0.25, -0.2) is 0 Å². The molecule has 0 bridgehead atoms. The molecule has 0 aliphatic heterocycles.